The van der Waals surface area contributed by atoms with Crippen LogP contribution in [0.5, 0.6) is 0 Å². The van der Waals surface area contributed by atoms with Crippen LogP contribution in [0.2, 0.25) is 0 Å². The zero-order chi connectivity index (χ0) is 13.8. The molecule has 3 heteroatoms. The first-order valence-electron chi connectivity index (χ1n) is 6.29. The first-order chi connectivity index (χ1) is 9.11. The topological polar surface area (TPSA) is 0 Å². The molecule has 1 atom stereocenters. The third-order valence-electron chi connectivity index (χ3n) is 3.05. The average Bonchev–Trinajstić information content (AvgIpc) is 2.42. The van der Waals surface area contributed by atoms with Gasteiger partial charge in [0, 0.05) is 0 Å². The number of halogens is 3. The van der Waals surface area contributed by atoms with Crippen LogP contribution in [0.1, 0.15) is 34.9 Å². The smallest absolute Gasteiger partial charge is 0.137 e. The Balaban J connectivity index is 2.22. The molecule has 1 unspecified atom stereocenters. The van der Waals surface area contributed by atoms with Crippen LogP contribution in [0.3, 0.4) is 0 Å². The molecule has 0 saturated carbocycles. The van der Waals surface area contributed by atoms with Gasteiger partial charge in [-0.25, -0.2) is 4.39 Å². The van der Waals surface area contributed by atoms with Crippen molar-refractivity contribution in [3.8, 4) is 0 Å². The molecule has 0 nitrogen and oxygen atoms in total. The zero-order valence-corrected chi connectivity index (χ0v) is 13.8. The second kappa shape index (κ2) is 6.67. The number of benzene rings is 2. The second-order valence-corrected chi connectivity index (χ2v) is 6.30. The van der Waals surface area contributed by atoms with Crippen LogP contribution in [0, 0.1) is 5.82 Å². The number of rotatable bonds is 4. The Kier molecular flexibility index (Phi) is 5.17. The highest BCUT2D eigenvalue weighted by Crippen LogP contribution is 2.32. The van der Waals surface area contributed by atoms with Gasteiger partial charge in [0.25, 0.3) is 0 Å². The molecule has 2 aromatic carbocycles. The summed E-state index contributed by atoms with van der Waals surface area (Å²) in [5, 5.41) is 0. The summed E-state index contributed by atoms with van der Waals surface area (Å²) in [6.45, 7) is 2.17. The summed E-state index contributed by atoms with van der Waals surface area (Å²) in [4.78, 5) is 0.0192. The lowest BCUT2D eigenvalue weighted by Gasteiger charge is -2.12. The van der Waals surface area contributed by atoms with Crippen LogP contribution in [0.25, 0.3) is 0 Å². The Labute approximate surface area is 130 Å². The van der Waals surface area contributed by atoms with Crippen molar-refractivity contribution in [1.29, 1.82) is 0 Å². The standard InChI is InChI=1S/C16H15Br2F/c1-2-3-11-4-6-12(7-5-11)16(18)13-8-9-14(17)15(19)10-13/h4-10,16H,2-3H2,1H3. The predicted octanol–water partition coefficient (Wildman–Crippen LogP) is 6.03. The third-order valence-corrected chi connectivity index (χ3v) is 4.75. The van der Waals surface area contributed by atoms with Crippen LogP contribution in [-0.4, -0.2) is 0 Å². The van der Waals surface area contributed by atoms with Gasteiger partial charge in [-0.3, -0.25) is 0 Å². The Morgan fingerprint density at radius 2 is 1.68 bits per heavy atom. The molecule has 0 aromatic heterocycles. The van der Waals surface area contributed by atoms with Gasteiger partial charge in [-0.2, -0.15) is 0 Å². The van der Waals surface area contributed by atoms with E-state index in [2.05, 4.69) is 63.0 Å². The van der Waals surface area contributed by atoms with Crippen molar-refractivity contribution in [2.75, 3.05) is 0 Å². The molecule has 0 aliphatic rings. The Morgan fingerprint density at radius 1 is 1.05 bits per heavy atom. The minimum absolute atomic E-state index is 0.0192. The van der Waals surface area contributed by atoms with E-state index in [0.717, 1.165) is 24.0 Å². The minimum atomic E-state index is -0.232. The number of alkyl halides is 1. The largest absolute Gasteiger partial charge is 0.206 e. The van der Waals surface area contributed by atoms with Crippen molar-refractivity contribution in [3.63, 3.8) is 0 Å². The molecule has 19 heavy (non-hydrogen) atoms. The number of aryl methyl sites for hydroxylation is 1. The summed E-state index contributed by atoms with van der Waals surface area (Å²) in [5.41, 5.74) is 3.40. The molecule has 0 radical (unpaired) electrons. The number of hydrogen-bond acceptors (Lipinski definition) is 0. The first-order valence-corrected chi connectivity index (χ1v) is 8.00. The van der Waals surface area contributed by atoms with Gasteiger partial charge < -0.3 is 0 Å². The Bertz CT molecular complexity index is 549. The average molecular weight is 386 g/mol. The molecule has 0 N–H and O–H groups in total. The molecule has 0 spiro atoms. The lowest BCUT2D eigenvalue weighted by molar-refractivity contribution is 0.619. The highest BCUT2D eigenvalue weighted by Gasteiger charge is 2.12. The molecule has 2 aromatic rings. The molecule has 0 fully saturated rings. The lowest BCUT2D eigenvalue weighted by atomic mass is 10.0. The van der Waals surface area contributed by atoms with Crippen LogP contribution >= 0.6 is 31.9 Å². The maximum absolute atomic E-state index is 13.6. The zero-order valence-electron chi connectivity index (χ0n) is 10.7. The van der Waals surface area contributed by atoms with E-state index in [0.29, 0.717) is 4.47 Å². The van der Waals surface area contributed by atoms with Crippen LogP contribution in [0.15, 0.2) is 46.9 Å². The van der Waals surface area contributed by atoms with Gasteiger partial charge in [0.05, 0.1) is 9.30 Å². The summed E-state index contributed by atoms with van der Waals surface area (Å²) in [6.07, 6.45) is 2.25. The highest BCUT2D eigenvalue weighted by molar-refractivity contribution is 9.10. The van der Waals surface area contributed by atoms with E-state index >= 15 is 0 Å². The first kappa shape index (κ1) is 14.7. The summed E-state index contributed by atoms with van der Waals surface area (Å²) in [5.74, 6) is -0.232. The van der Waals surface area contributed by atoms with Crippen molar-refractivity contribution in [1.82, 2.24) is 0 Å². The SMILES string of the molecule is CCCc1ccc(C(Br)c2ccc(Br)c(F)c2)cc1. The van der Waals surface area contributed by atoms with Crippen molar-refractivity contribution in [2.24, 2.45) is 0 Å². The van der Waals surface area contributed by atoms with Crippen LogP contribution < -0.4 is 0 Å². The van der Waals surface area contributed by atoms with E-state index in [1.165, 1.54) is 5.56 Å². The molecule has 0 saturated heterocycles. The predicted molar refractivity (Wildman–Crippen MR) is 85.3 cm³/mol. The maximum Gasteiger partial charge on any atom is 0.137 e. The molecular formula is C16H15Br2F. The Hall–Kier alpha value is -0.670. The van der Waals surface area contributed by atoms with E-state index in [1.54, 1.807) is 12.1 Å². The van der Waals surface area contributed by atoms with Gasteiger partial charge in [0.1, 0.15) is 5.82 Å². The van der Waals surface area contributed by atoms with E-state index in [9.17, 15) is 4.39 Å². The fourth-order valence-electron chi connectivity index (χ4n) is 2.00. The summed E-state index contributed by atoms with van der Waals surface area (Å²) in [7, 11) is 0. The lowest BCUT2D eigenvalue weighted by Crippen LogP contribution is -1.94. The maximum atomic E-state index is 13.6. The van der Waals surface area contributed by atoms with Gasteiger partial charge in [-0.05, 0) is 51.2 Å². The normalized spacial score (nSPS) is 12.4. The van der Waals surface area contributed by atoms with Gasteiger partial charge >= 0.3 is 0 Å². The van der Waals surface area contributed by atoms with Gasteiger partial charge in [-0.1, -0.05) is 59.6 Å². The highest BCUT2D eigenvalue weighted by atomic mass is 79.9. The van der Waals surface area contributed by atoms with E-state index in [-0.39, 0.29) is 10.6 Å². The molecule has 2 rings (SSSR count). The van der Waals surface area contributed by atoms with Crippen LogP contribution in [0.4, 0.5) is 4.39 Å². The van der Waals surface area contributed by atoms with Crippen molar-refractivity contribution >= 4 is 31.9 Å². The van der Waals surface area contributed by atoms with Crippen LogP contribution in [-0.2, 0) is 6.42 Å². The third kappa shape index (κ3) is 3.67. The second-order valence-electron chi connectivity index (χ2n) is 4.53. The molecule has 0 amide bonds. The van der Waals surface area contributed by atoms with Gasteiger partial charge in [0.15, 0.2) is 0 Å². The number of hydrogen-bond donors (Lipinski definition) is 0. The molecule has 0 bridgehead atoms. The summed E-state index contributed by atoms with van der Waals surface area (Å²) < 4.78 is 14.0. The van der Waals surface area contributed by atoms with Gasteiger partial charge in [-0.15, -0.1) is 0 Å². The molecule has 100 valence electrons. The van der Waals surface area contributed by atoms with Crippen molar-refractivity contribution in [2.45, 2.75) is 24.6 Å². The molecular weight excluding hydrogens is 371 g/mol. The van der Waals surface area contributed by atoms with E-state index in [1.807, 2.05) is 6.07 Å². The summed E-state index contributed by atoms with van der Waals surface area (Å²) in [6, 6.07) is 13.7. The quantitative estimate of drug-likeness (QED) is 0.564. The van der Waals surface area contributed by atoms with E-state index < -0.39 is 0 Å². The summed E-state index contributed by atoms with van der Waals surface area (Å²) >= 11 is 6.81. The van der Waals surface area contributed by atoms with E-state index in [4.69, 9.17) is 0 Å². The minimum Gasteiger partial charge on any atom is -0.206 e. The fourth-order valence-corrected chi connectivity index (χ4v) is 2.84. The molecule has 0 aliphatic carbocycles. The fraction of sp³-hybridized carbons (Fsp3) is 0.250. The van der Waals surface area contributed by atoms with Crippen molar-refractivity contribution in [3.05, 3.63) is 69.4 Å². The van der Waals surface area contributed by atoms with Gasteiger partial charge in [0.2, 0.25) is 0 Å². The monoisotopic (exact) mass is 384 g/mol. The Morgan fingerprint density at radius 3 is 2.26 bits per heavy atom. The molecule has 0 aliphatic heterocycles. The molecule has 0 heterocycles. The van der Waals surface area contributed by atoms with Crippen molar-refractivity contribution < 1.29 is 4.39 Å².